The van der Waals surface area contributed by atoms with E-state index >= 15 is 0 Å². The van der Waals surface area contributed by atoms with Crippen molar-refractivity contribution < 1.29 is 13.9 Å². The van der Waals surface area contributed by atoms with Gasteiger partial charge in [-0.25, -0.2) is 4.79 Å². The molecule has 0 saturated carbocycles. The zero-order valence-corrected chi connectivity index (χ0v) is 13.9. The quantitative estimate of drug-likeness (QED) is 0.544. The van der Waals surface area contributed by atoms with E-state index in [0.717, 1.165) is 27.6 Å². The molecule has 0 atom stereocenters. The first kappa shape index (κ1) is 16.0. The van der Waals surface area contributed by atoms with Crippen molar-refractivity contribution in [1.29, 1.82) is 0 Å². The van der Waals surface area contributed by atoms with Crippen LogP contribution >= 0.6 is 0 Å². The first-order chi connectivity index (χ1) is 11.5. The van der Waals surface area contributed by atoms with Crippen LogP contribution < -0.4 is 5.63 Å². The van der Waals surface area contributed by atoms with Crippen molar-refractivity contribution >= 4 is 16.9 Å². The molecule has 0 spiro atoms. The van der Waals surface area contributed by atoms with E-state index in [0.29, 0.717) is 11.1 Å². The lowest BCUT2D eigenvalue weighted by Gasteiger charge is -2.12. The van der Waals surface area contributed by atoms with E-state index in [4.69, 9.17) is 9.15 Å². The fourth-order valence-electron chi connectivity index (χ4n) is 2.78. The molecule has 1 aromatic heterocycles. The van der Waals surface area contributed by atoms with Crippen molar-refractivity contribution in [1.82, 2.24) is 0 Å². The summed E-state index contributed by atoms with van der Waals surface area (Å²) in [5.41, 5.74) is 4.11. The lowest BCUT2D eigenvalue weighted by atomic mass is 9.94. The van der Waals surface area contributed by atoms with Gasteiger partial charge in [-0.3, -0.25) is 4.79 Å². The molecule has 3 rings (SSSR count). The molecule has 3 aromatic rings. The summed E-state index contributed by atoms with van der Waals surface area (Å²) in [6.45, 7) is 3.98. The molecule has 4 heteroatoms. The number of methoxy groups -OCH3 is 1. The average molecular weight is 322 g/mol. The Balaban J connectivity index is 2.37. The van der Waals surface area contributed by atoms with Gasteiger partial charge in [-0.2, -0.15) is 0 Å². The zero-order valence-electron chi connectivity index (χ0n) is 13.9. The van der Waals surface area contributed by atoms with Gasteiger partial charge in [0.2, 0.25) is 0 Å². The Bertz CT molecular complexity index is 965. The van der Waals surface area contributed by atoms with Crippen LogP contribution in [0.1, 0.15) is 16.7 Å². The van der Waals surface area contributed by atoms with Crippen LogP contribution in [0.3, 0.4) is 0 Å². The summed E-state index contributed by atoms with van der Waals surface area (Å²) in [6.07, 6.45) is -0.119. The van der Waals surface area contributed by atoms with Gasteiger partial charge in [-0.1, -0.05) is 41.5 Å². The molecule has 0 aliphatic heterocycles. The van der Waals surface area contributed by atoms with E-state index in [9.17, 15) is 9.59 Å². The molecule has 0 unspecified atom stereocenters. The van der Waals surface area contributed by atoms with E-state index in [1.807, 2.05) is 50.2 Å². The van der Waals surface area contributed by atoms with Gasteiger partial charge in [0, 0.05) is 10.9 Å². The summed E-state index contributed by atoms with van der Waals surface area (Å²) < 4.78 is 10.2. The summed E-state index contributed by atoms with van der Waals surface area (Å²) in [6, 6.07) is 13.5. The van der Waals surface area contributed by atoms with E-state index in [1.165, 1.54) is 7.11 Å². The van der Waals surface area contributed by atoms with Crippen molar-refractivity contribution in [3.8, 4) is 11.1 Å². The molecule has 0 radical (unpaired) electrons. The molecule has 1 heterocycles. The van der Waals surface area contributed by atoms with E-state index in [2.05, 4.69) is 0 Å². The minimum Gasteiger partial charge on any atom is -0.469 e. The maximum absolute atomic E-state index is 12.5. The van der Waals surface area contributed by atoms with Gasteiger partial charge in [0.1, 0.15) is 5.58 Å². The van der Waals surface area contributed by atoms with Gasteiger partial charge < -0.3 is 9.15 Å². The summed E-state index contributed by atoms with van der Waals surface area (Å²) >= 11 is 0. The Morgan fingerprint density at radius 1 is 1.04 bits per heavy atom. The number of benzene rings is 2. The lowest BCUT2D eigenvalue weighted by molar-refractivity contribution is -0.139. The first-order valence-electron chi connectivity index (χ1n) is 7.70. The molecular formula is C20H18O4. The minimum atomic E-state index is -0.507. The Hall–Kier alpha value is -2.88. The van der Waals surface area contributed by atoms with Gasteiger partial charge in [0.15, 0.2) is 0 Å². The number of carbonyl (C=O) groups is 1. The van der Waals surface area contributed by atoms with Crippen LogP contribution in [0.15, 0.2) is 51.7 Å². The third kappa shape index (κ3) is 2.95. The fourth-order valence-corrected chi connectivity index (χ4v) is 2.78. The fraction of sp³-hybridized carbons (Fsp3) is 0.200. The molecule has 2 aromatic carbocycles. The number of esters is 1. The van der Waals surface area contributed by atoms with Gasteiger partial charge in [-0.15, -0.1) is 0 Å². The second-order valence-electron chi connectivity index (χ2n) is 5.86. The van der Waals surface area contributed by atoms with Crippen LogP contribution in [-0.4, -0.2) is 13.1 Å². The monoisotopic (exact) mass is 322 g/mol. The topological polar surface area (TPSA) is 56.5 Å². The largest absolute Gasteiger partial charge is 0.469 e. The summed E-state index contributed by atoms with van der Waals surface area (Å²) in [5.74, 6) is -0.470. The zero-order chi connectivity index (χ0) is 17.3. The maximum Gasteiger partial charge on any atom is 0.340 e. The Morgan fingerprint density at radius 2 is 1.71 bits per heavy atom. The summed E-state index contributed by atoms with van der Waals surface area (Å²) in [4.78, 5) is 24.2. The number of hydrogen-bond acceptors (Lipinski definition) is 4. The molecule has 0 aliphatic rings. The van der Waals surface area contributed by atoms with Crippen LogP contribution in [0, 0.1) is 13.8 Å². The van der Waals surface area contributed by atoms with E-state index < -0.39 is 11.6 Å². The average Bonchev–Trinajstić information content (AvgIpc) is 2.57. The summed E-state index contributed by atoms with van der Waals surface area (Å²) in [7, 11) is 1.31. The van der Waals surface area contributed by atoms with E-state index in [-0.39, 0.29) is 6.42 Å². The molecule has 0 N–H and O–H groups in total. The number of aryl methyl sites for hydroxylation is 2. The smallest absolute Gasteiger partial charge is 0.340 e. The minimum absolute atomic E-state index is 0.119. The van der Waals surface area contributed by atoms with Gasteiger partial charge in [0.05, 0.1) is 19.1 Å². The lowest BCUT2D eigenvalue weighted by Crippen LogP contribution is -2.16. The highest BCUT2D eigenvalue weighted by Crippen LogP contribution is 2.31. The van der Waals surface area contributed by atoms with Crippen LogP contribution in [0.25, 0.3) is 22.1 Å². The Labute approximate surface area is 139 Å². The molecule has 0 aliphatic carbocycles. The molecular weight excluding hydrogens is 304 g/mol. The number of rotatable bonds is 3. The van der Waals surface area contributed by atoms with Crippen molar-refractivity contribution in [3.05, 3.63) is 69.6 Å². The van der Waals surface area contributed by atoms with Crippen LogP contribution in [0.2, 0.25) is 0 Å². The van der Waals surface area contributed by atoms with Crippen LogP contribution in [-0.2, 0) is 16.0 Å². The predicted molar refractivity (Wildman–Crippen MR) is 93.1 cm³/mol. The van der Waals surface area contributed by atoms with Gasteiger partial charge in [0.25, 0.3) is 0 Å². The predicted octanol–water partition coefficient (Wildman–Crippen LogP) is 3.79. The Morgan fingerprint density at radius 3 is 2.38 bits per heavy atom. The van der Waals surface area contributed by atoms with Crippen molar-refractivity contribution in [2.45, 2.75) is 20.3 Å². The van der Waals surface area contributed by atoms with Crippen molar-refractivity contribution in [3.63, 3.8) is 0 Å². The maximum atomic E-state index is 12.5. The standard InChI is InChI=1S/C20H18O4/c1-12-4-7-14(8-5-12)19-15-10-13(2)6-9-17(15)24-20(22)16(19)11-18(21)23-3/h4-10H,11H2,1-3H3. The molecule has 0 saturated heterocycles. The Kier molecular flexibility index (Phi) is 4.21. The first-order valence-corrected chi connectivity index (χ1v) is 7.70. The van der Waals surface area contributed by atoms with E-state index in [1.54, 1.807) is 6.07 Å². The third-order valence-electron chi connectivity index (χ3n) is 4.04. The van der Waals surface area contributed by atoms with Crippen LogP contribution in [0.4, 0.5) is 0 Å². The highest BCUT2D eigenvalue weighted by atomic mass is 16.5. The molecule has 0 fully saturated rings. The van der Waals surface area contributed by atoms with Gasteiger partial charge >= 0.3 is 11.6 Å². The second kappa shape index (κ2) is 6.32. The molecule has 0 amide bonds. The summed E-state index contributed by atoms with van der Waals surface area (Å²) in [5, 5.41) is 0.817. The normalized spacial score (nSPS) is 10.8. The molecule has 122 valence electrons. The number of carbonyl (C=O) groups excluding carboxylic acids is 1. The highest BCUT2D eigenvalue weighted by molar-refractivity contribution is 5.96. The number of fused-ring (bicyclic) bond motifs is 1. The molecule has 24 heavy (non-hydrogen) atoms. The second-order valence-corrected chi connectivity index (χ2v) is 5.86. The number of ether oxygens (including phenoxy) is 1. The van der Waals surface area contributed by atoms with Crippen molar-refractivity contribution in [2.75, 3.05) is 7.11 Å². The SMILES string of the molecule is COC(=O)Cc1c(-c2ccc(C)cc2)c2cc(C)ccc2oc1=O. The van der Waals surface area contributed by atoms with Crippen LogP contribution in [0.5, 0.6) is 0 Å². The van der Waals surface area contributed by atoms with Crippen molar-refractivity contribution in [2.24, 2.45) is 0 Å². The molecule has 4 nitrogen and oxygen atoms in total. The number of hydrogen-bond donors (Lipinski definition) is 0. The third-order valence-corrected chi connectivity index (χ3v) is 4.04. The molecule has 0 bridgehead atoms. The van der Waals surface area contributed by atoms with Gasteiger partial charge in [-0.05, 0) is 31.5 Å². The highest BCUT2D eigenvalue weighted by Gasteiger charge is 2.19.